The van der Waals surface area contributed by atoms with Gasteiger partial charge in [0.2, 0.25) is 5.24 Å². The number of halogens is 1. The molecule has 3 nitrogen and oxygen atoms in total. The zero-order chi connectivity index (χ0) is 11.6. The van der Waals surface area contributed by atoms with E-state index < -0.39 is 5.41 Å². The summed E-state index contributed by atoms with van der Waals surface area (Å²) in [6.45, 7) is 10.3. The Balaban J connectivity index is 2.54. The van der Waals surface area contributed by atoms with E-state index >= 15 is 0 Å². The molecule has 1 aliphatic heterocycles. The number of rotatable bonds is 3. The van der Waals surface area contributed by atoms with Gasteiger partial charge in [-0.3, -0.25) is 9.69 Å². The smallest absolute Gasteiger partial charge is 0.228 e. The third-order valence-corrected chi connectivity index (χ3v) is 3.16. The summed E-state index contributed by atoms with van der Waals surface area (Å²) in [7, 11) is 0. The zero-order valence-electron chi connectivity index (χ0n) is 9.92. The van der Waals surface area contributed by atoms with Crippen LogP contribution in [0.4, 0.5) is 0 Å². The Kier molecular flexibility index (Phi) is 4.15. The van der Waals surface area contributed by atoms with Gasteiger partial charge >= 0.3 is 0 Å². The highest BCUT2D eigenvalue weighted by atomic mass is 35.5. The first kappa shape index (κ1) is 12.9. The minimum absolute atomic E-state index is 0.231. The van der Waals surface area contributed by atoms with Crippen LogP contribution >= 0.6 is 11.6 Å². The molecule has 0 aromatic heterocycles. The predicted molar refractivity (Wildman–Crippen MR) is 61.1 cm³/mol. The summed E-state index contributed by atoms with van der Waals surface area (Å²) in [6, 6.07) is 0. The molecule has 0 amide bonds. The van der Waals surface area contributed by atoms with Gasteiger partial charge < -0.3 is 4.74 Å². The van der Waals surface area contributed by atoms with E-state index in [2.05, 4.69) is 18.7 Å². The van der Waals surface area contributed by atoms with Crippen LogP contribution in [0.5, 0.6) is 0 Å². The standard InChI is InChI=1S/C11H20ClNO2/c1-8-5-13(6-9(2)15-8)7-11(3,4)10(12)14/h8-9H,5-7H2,1-4H3. The quantitative estimate of drug-likeness (QED) is 0.698. The molecule has 1 aliphatic rings. The van der Waals surface area contributed by atoms with Crippen LogP contribution < -0.4 is 0 Å². The van der Waals surface area contributed by atoms with Crippen molar-refractivity contribution in [3.63, 3.8) is 0 Å². The second kappa shape index (κ2) is 4.81. The minimum atomic E-state index is -0.474. The summed E-state index contributed by atoms with van der Waals surface area (Å²) in [5, 5.41) is -0.269. The van der Waals surface area contributed by atoms with Crippen LogP contribution in [0.3, 0.4) is 0 Å². The molecule has 0 saturated carbocycles. The molecular formula is C11H20ClNO2. The number of morpholine rings is 1. The fraction of sp³-hybridized carbons (Fsp3) is 0.909. The number of carbonyl (C=O) groups is 1. The highest BCUT2D eigenvalue weighted by molar-refractivity contribution is 6.64. The third-order valence-electron chi connectivity index (χ3n) is 2.65. The summed E-state index contributed by atoms with van der Waals surface area (Å²) in [5.41, 5.74) is -0.474. The van der Waals surface area contributed by atoms with Crippen molar-refractivity contribution in [1.29, 1.82) is 0 Å². The van der Waals surface area contributed by atoms with Crippen molar-refractivity contribution >= 4 is 16.8 Å². The van der Waals surface area contributed by atoms with Crippen molar-refractivity contribution in [2.24, 2.45) is 5.41 Å². The lowest BCUT2D eigenvalue weighted by molar-refractivity contribution is -0.122. The number of nitrogens with zero attached hydrogens (tertiary/aromatic N) is 1. The molecule has 2 unspecified atom stereocenters. The second-order valence-corrected chi connectivity index (χ2v) is 5.45. The molecule has 88 valence electrons. The van der Waals surface area contributed by atoms with Crippen LogP contribution in [0, 0.1) is 5.41 Å². The second-order valence-electron chi connectivity index (χ2n) is 5.11. The normalized spacial score (nSPS) is 29.1. The Labute approximate surface area is 96.7 Å². The zero-order valence-corrected chi connectivity index (χ0v) is 10.7. The van der Waals surface area contributed by atoms with Crippen LogP contribution in [0.1, 0.15) is 27.7 Å². The summed E-state index contributed by atoms with van der Waals surface area (Å²) in [6.07, 6.45) is 0.463. The van der Waals surface area contributed by atoms with Crippen molar-refractivity contribution < 1.29 is 9.53 Å². The van der Waals surface area contributed by atoms with Crippen molar-refractivity contribution in [1.82, 2.24) is 4.90 Å². The van der Waals surface area contributed by atoms with Gasteiger partial charge in [0.05, 0.1) is 17.6 Å². The largest absolute Gasteiger partial charge is 0.373 e. The molecule has 2 atom stereocenters. The molecule has 0 N–H and O–H groups in total. The molecule has 0 radical (unpaired) electrons. The number of ether oxygens (including phenoxy) is 1. The molecule has 1 saturated heterocycles. The fourth-order valence-electron chi connectivity index (χ4n) is 2.03. The Morgan fingerprint density at radius 2 is 1.87 bits per heavy atom. The predicted octanol–water partition coefficient (Wildman–Crippen LogP) is 1.89. The average molecular weight is 234 g/mol. The lowest BCUT2D eigenvalue weighted by Gasteiger charge is -2.38. The first-order valence-corrected chi connectivity index (χ1v) is 5.77. The number of carbonyl (C=O) groups excluding carboxylic acids is 1. The van der Waals surface area contributed by atoms with E-state index in [4.69, 9.17) is 16.3 Å². The molecule has 0 aliphatic carbocycles. The Bertz CT molecular complexity index is 233. The Morgan fingerprint density at radius 1 is 1.40 bits per heavy atom. The molecule has 1 fully saturated rings. The van der Waals surface area contributed by atoms with E-state index in [9.17, 15) is 4.79 Å². The lowest BCUT2D eigenvalue weighted by atomic mass is 9.94. The number of hydrogen-bond donors (Lipinski definition) is 0. The molecule has 0 bridgehead atoms. The van der Waals surface area contributed by atoms with Crippen molar-refractivity contribution in [2.75, 3.05) is 19.6 Å². The van der Waals surface area contributed by atoms with E-state index in [-0.39, 0.29) is 17.5 Å². The molecule has 1 heterocycles. The lowest BCUT2D eigenvalue weighted by Crippen LogP contribution is -2.49. The van der Waals surface area contributed by atoms with Crippen LogP contribution in [0.2, 0.25) is 0 Å². The maximum atomic E-state index is 11.2. The summed E-state index contributed by atoms with van der Waals surface area (Å²) < 4.78 is 5.63. The van der Waals surface area contributed by atoms with Gasteiger partial charge in [-0.05, 0) is 25.4 Å². The summed E-state index contributed by atoms with van der Waals surface area (Å²) in [4.78, 5) is 13.5. The monoisotopic (exact) mass is 233 g/mol. The third kappa shape index (κ3) is 3.74. The molecular weight excluding hydrogens is 214 g/mol. The molecule has 0 spiro atoms. The Morgan fingerprint density at radius 3 is 2.27 bits per heavy atom. The van der Waals surface area contributed by atoms with Gasteiger partial charge in [-0.2, -0.15) is 0 Å². The molecule has 1 rings (SSSR count). The van der Waals surface area contributed by atoms with Crippen LogP contribution in [0.15, 0.2) is 0 Å². The SMILES string of the molecule is CC1CN(CC(C)(C)C(=O)Cl)CC(C)O1. The van der Waals surface area contributed by atoms with E-state index in [1.807, 2.05) is 13.8 Å². The van der Waals surface area contributed by atoms with E-state index in [0.717, 1.165) is 13.1 Å². The van der Waals surface area contributed by atoms with Gasteiger partial charge in [0.25, 0.3) is 0 Å². The summed E-state index contributed by atoms with van der Waals surface area (Å²) >= 11 is 5.56. The molecule has 0 aromatic rings. The highest BCUT2D eigenvalue weighted by Crippen LogP contribution is 2.22. The molecule has 15 heavy (non-hydrogen) atoms. The molecule has 0 aromatic carbocycles. The van der Waals surface area contributed by atoms with Gasteiger partial charge in [0, 0.05) is 19.6 Å². The van der Waals surface area contributed by atoms with E-state index in [1.54, 1.807) is 0 Å². The fourth-order valence-corrected chi connectivity index (χ4v) is 2.09. The highest BCUT2D eigenvalue weighted by Gasteiger charge is 2.31. The van der Waals surface area contributed by atoms with Gasteiger partial charge in [-0.25, -0.2) is 0 Å². The maximum absolute atomic E-state index is 11.2. The molecule has 4 heteroatoms. The van der Waals surface area contributed by atoms with Gasteiger partial charge in [-0.1, -0.05) is 13.8 Å². The minimum Gasteiger partial charge on any atom is -0.373 e. The van der Waals surface area contributed by atoms with E-state index in [0.29, 0.717) is 6.54 Å². The van der Waals surface area contributed by atoms with Crippen molar-refractivity contribution in [3.8, 4) is 0 Å². The number of hydrogen-bond acceptors (Lipinski definition) is 3. The summed E-state index contributed by atoms with van der Waals surface area (Å²) in [5.74, 6) is 0. The van der Waals surface area contributed by atoms with Gasteiger partial charge in [-0.15, -0.1) is 0 Å². The van der Waals surface area contributed by atoms with Crippen LogP contribution in [0.25, 0.3) is 0 Å². The van der Waals surface area contributed by atoms with Crippen LogP contribution in [-0.2, 0) is 9.53 Å². The van der Waals surface area contributed by atoms with E-state index in [1.165, 1.54) is 0 Å². The first-order valence-electron chi connectivity index (χ1n) is 5.39. The maximum Gasteiger partial charge on any atom is 0.228 e. The first-order chi connectivity index (χ1) is 6.81. The van der Waals surface area contributed by atoms with Gasteiger partial charge in [0.1, 0.15) is 0 Å². The van der Waals surface area contributed by atoms with Gasteiger partial charge in [0.15, 0.2) is 0 Å². The topological polar surface area (TPSA) is 29.5 Å². The van der Waals surface area contributed by atoms with Crippen molar-refractivity contribution in [2.45, 2.75) is 39.9 Å². The van der Waals surface area contributed by atoms with Crippen molar-refractivity contribution in [3.05, 3.63) is 0 Å². The Hall–Kier alpha value is -0.120. The van der Waals surface area contributed by atoms with Crippen LogP contribution in [-0.4, -0.2) is 42.0 Å². The average Bonchev–Trinajstić information content (AvgIpc) is 1.99.